The fourth-order valence-electron chi connectivity index (χ4n) is 9.11. The summed E-state index contributed by atoms with van der Waals surface area (Å²) in [6.45, 7) is 4.39. The molecule has 0 N–H and O–H groups in total. The van der Waals surface area contributed by atoms with Crippen LogP contribution in [0.1, 0.15) is 22.5 Å². The van der Waals surface area contributed by atoms with Crippen molar-refractivity contribution in [2.24, 2.45) is 0 Å². The summed E-state index contributed by atoms with van der Waals surface area (Å²) in [6, 6.07) is 46.4. The van der Waals surface area contributed by atoms with Crippen LogP contribution in [0.4, 0.5) is 0 Å². The molecule has 0 fully saturated rings. The first-order valence-corrected chi connectivity index (χ1v) is 17.6. The predicted octanol–water partition coefficient (Wildman–Crippen LogP) is 7.98. The third-order valence-corrected chi connectivity index (χ3v) is 11.0. The van der Waals surface area contributed by atoms with Gasteiger partial charge in [0.05, 0.1) is 17.5 Å². The van der Waals surface area contributed by atoms with Crippen molar-refractivity contribution in [2.45, 2.75) is 19.5 Å². The zero-order chi connectivity index (χ0) is 34.3. The summed E-state index contributed by atoms with van der Waals surface area (Å²) in [5, 5.41) is 2.41. The lowest BCUT2D eigenvalue weighted by Gasteiger charge is -2.33. The summed E-state index contributed by atoms with van der Waals surface area (Å²) in [5.74, 6) is 4.42. The molecule has 0 amide bonds. The molecule has 8 nitrogen and oxygen atoms in total. The van der Waals surface area contributed by atoms with Gasteiger partial charge in [-0.2, -0.15) is 9.13 Å². The molecular formula is C44H29N7O+2. The minimum absolute atomic E-state index is 0.559. The van der Waals surface area contributed by atoms with Gasteiger partial charge in [-0.05, 0) is 49.4 Å². The van der Waals surface area contributed by atoms with Gasteiger partial charge in [0.2, 0.25) is 5.69 Å². The summed E-state index contributed by atoms with van der Waals surface area (Å²) in [7, 11) is 0. The van der Waals surface area contributed by atoms with Crippen molar-refractivity contribution in [1.29, 1.82) is 0 Å². The second kappa shape index (κ2) is 9.64. The van der Waals surface area contributed by atoms with Crippen molar-refractivity contribution in [3.63, 3.8) is 0 Å². The molecule has 0 saturated carbocycles. The van der Waals surface area contributed by atoms with E-state index >= 15 is 0 Å². The van der Waals surface area contributed by atoms with Gasteiger partial charge in [0, 0.05) is 41.0 Å². The highest BCUT2D eigenvalue weighted by atomic mass is 16.5. The average Bonchev–Trinajstić information content (AvgIpc) is 3.82. The first-order valence-electron chi connectivity index (χ1n) is 17.6. The Morgan fingerprint density at radius 2 is 1.33 bits per heavy atom. The van der Waals surface area contributed by atoms with E-state index in [0.29, 0.717) is 17.5 Å². The molecule has 52 heavy (non-hydrogen) atoms. The van der Waals surface area contributed by atoms with Gasteiger partial charge < -0.3 is 4.74 Å². The largest absolute Gasteiger partial charge is 0.455 e. The van der Waals surface area contributed by atoms with Crippen molar-refractivity contribution in [2.75, 3.05) is 0 Å². The minimum atomic E-state index is -0.801. The van der Waals surface area contributed by atoms with Crippen molar-refractivity contribution < 1.29 is 14.0 Å². The van der Waals surface area contributed by atoms with Crippen molar-refractivity contribution in [1.82, 2.24) is 24.2 Å². The number of ether oxygens (including phenoxy) is 1. The number of rotatable bonds is 3. The predicted molar refractivity (Wildman–Crippen MR) is 198 cm³/mol. The van der Waals surface area contributed by atoms with Crippen LogP contribution in [0, 0.1) is 13.8 Å². The summed E-state index contributed by atoms with van der Waals surface area (Å²) < 4.78 is 16.9. The standard InChI is InChI=1S/C44H29N7O/c1-26-25-27(2)51-44-37-34(50(26)51)22-20-32(43-46-41(28-13-5-3-6-14-28)45-42(47-43)29-15-7-4-8-16-29)40(37)52-35-23-21-31-30-17-9-10-18-33(30)49(39(31)38(35)44)36-19-11-12-24-48(36)44/h3-25H,1-2H3/q+2. The normalized spacial score (nSPS) is 15.7. The molecule has 1 spiro atoms. The number of hydrogen-bond acceptors (Lipinski definition) is 4. The number of benzene rings is 5. The van der Waals surface area contributed by atoms with E-state index in [2.05, 4.69) is 111 Å². The van der Waals surface area contributed by atoms with Crippen LogP contribution in [0.5, 0.6) is 11.5 Å². The van der Waals surface area contributed by atoms with E-state index in [1.807, 2.05) is 60.7 Å². The van der Waals surface area contributed by atoms with Gasteiger partial charge >= 0.3 is 5.66 Å². The average molecular weight is 672 g/mol. The van der Waals surface area contributed by atoms with E-state index < -0.39 is 5.66 Å². The van der Waals surface area contributed by atoms with E-state index in [9.17, 15) is 0 Å². The van der Waals surface area contributed by atoms with Gasteiger partial charge in [-0.3, -0.25) is 0 Å². The fraction of sp³-hybridized carbons (Fsp3) is 0.0682. The molecule has 8 heteroatoms. The van der Waals surface area contributed by atoms with Gasteiger partial charge in [0.15, 0.2) is 39.9 Å². The van der Waals surface area contributed by atoms with E-state index in [1.54, 1.807) is 0 Å². The Bertz CT molecular complexity index is 2960. The number of fused-ring (bicyclic) bond motifs is 7. The number of nitrogens with zero attached hydrogens (tertiary/aromatic N) is 7. The zero-order valence-electron chi connectivity index (χ0n) is 28.3. The first kappa shape index (κ1) is 27.8. The third-order valence-electron chi connectivity index (χ3n) is 11.0. The van der Waals surface area contributed by atoms with Crippen LogP contribution < -0.4 is 14.0 Å². The quantitative estimate of drug-likeness (QED) is 0.179. The van der Waals surface area contributed by atoms with Crippen LogP contribution >= 0.6 is 0 Å². The number of aromatic nitrogens is 7. The lowest BCUT2D eigenvalue weighted by Crippen LogP contribution is -2.77. The molecule has 9 aromatic rings. The van der Waals surface area contributed by atoms with Crippen molar-refractivity contribution in [3.05, 3.63) is 162 Å². The Labute approximate surface area is 298 Å². The summed E-state index contributed by atoms with van der Waals surface area (Å²) in [5.41, 5.74) is 9.72. The van der Waals surface area contributed by atoms with E-state index in [1.165, 1.54) is 16.3 Å². The fourth-order valence-corrected chi connectivity index (χ4v) is 9.11. The summed E-state index contributed by atoms with van der Waals surface area (Å²) in [4.78, 5) is 15.3. The van der Waals surface area contributed by atoms with E-state index in [0.717, 1.165) is 67.7 Å². The molecule has 1 atom stereocenters. The Hall–Kier alpha value is -6.93. The molecule has 0 aliphatic carbocycles. The summed E-state index contributed by atoms with van der Waals surface area (Å²) >= 11 is 0. The zero-order valence-corrected chi connectivity index (χ0v) is 28.3. The van der Waals surface area contributed by atoms with E-state index in [-0.39, 0.29) is 0 Å². The van der Waals surface area contributed by atoms with Crippen LogP contribution in [-0.4, -0.2) is 24.2 Å². The highest BCUT2D eigenvalue weighted by Crippen LogP contribution is 2.57. The Morgan fingerprint density at radius 3 is 2.10 bits per heavy atom. The molecule has 3 aliphatic rings. The molecule has 0 bridgehead atoms. The second-order valence-corrected chi connectivity index (χ2v) is 13.8. The number of aryl methyl sites for hydroxylation is 2. The lowest BCUT2D eigenvalue weighted by atomic mass is 9.83. The molecule has 3 aliphatic heterocycles. The monoisotopic (exact) mass is 671 g/mol. The molecular weight excluding hydrogens is 643 g/mol. The van der Waals surface area contributed by atoms with Gasteiger partial charge in [-0.25, -0.2) is 15.0 Å². The lowest BCUT2D eigenvalue weighted by molar-refractivity contribution is -0.995. The number of para-hydroxylation sites is 1. The topological polar surface area (TPSA) is 65.5 Å². The van der Waals surface area contributed by atoms with Gasteiger partial charge in [-0.15, -0.1) is 4.68 Å². The van der Waals surface area contributed by atoms with Crippen molar-refractivity contribution in [3.8, 4) is 57.2 Å². The first-order chi connectivity index (χ1) is 25.6. The summed E-state index contributed by atoms with van der Waals surface area (Å²) in [6.07, 6.45) is 2.22. The van der Waals surface area contributed by atoms with Crippen LogP contribution in [0.2, 0.25) is 0 Å². The van der Waals surface area contributed by atoms with Crippen LogP contribution in [0.25, 0.3) is 67.5 Å². The van der Waals surface area contributed by atoms with Crippen LogP contribution in [0.15, 0.2) is 140 Å². The molecule has 4 aromatic heterocycles. The SMILES string of the molecule is Cc1cc(C)[n+]2n1-c1ccc(-c3nc(-c4ccccc4)nc(-c4ccccc4)n3)c3c1C21c2c(ccc4c5ccccc5n(c24)-c2cccc[n+]21)O3. The maximum atomic E-state index is 7.25. The Morgan fingerprint density at radius 1 is 0.635 bits per heavy atom. The molecule has 5 aromatic carbocycles. The Balaban J connectivity index is 1.24. The highest BCUT2D eigenvalue weighted by Gasteiger charge is 2.69. The van der Waals surface area contributed by atoms with E-state index in [4.69, 9.17) is 19.7 Å². The highest BCUT2D eigenvalue weighted by molar-refractivity contribution is 6.11. The Kier molecular flexibility index (Phi) is 5.16. The van der Waals surface area contributed by atoms with Crippen molar-refractivity contribution >= 4 is 21.8 Å². The number of hydrogen-bond donors (Lipinski definition) is 0. The second-order valence-electron chi connectivity index (χ2n) is 13.8. The molecule has 7 heterocycles. The molecule has 1 unspecified atom stereocenters. The molecule has 0 radical (unpaired) electrons. The minimum Gasteiger partial charge on any atom is -0.455 e. The van der Waals surface area contributed by atoms with Crippen LogP contribution in [-0.2, 0) is 5.66 Å². The molecule has 0 saturated heterocycles. The smallest absolute Gasteiger partial charge is 0.397 e. The molecule has 12 rings (SSSR count). The maximum absolute atomic E-state index is 7.25. The van der Waals surface area contributed by atoms with Gasteiger partial charge in [-0.1, -0.05) is 83.5 Å². The van der Waals surface area contributed by atoms with Gasteiger partial charge in [0.25, 0.3) is 5.82 Å². The van der Waals surface area contributed by atoms with Gasteiger partial charge in [0.1, 0.15) is 17.0 Å². The third kappa shape index (κ3) is 3.25. The maximum Gasteiger partial charge on any atom is 0.397 e. The van der Waals surface area contributed by atoms with Crippen LogP contribution in [0.3, 0.4) is 0 Å². The molecule has 244 valence electrons. The number of pyridine rings is 1.